The number of nitrogens with one attached hydrogen (secondary N) is 1. The van der Waals surface area contributed by atoms with E-state index in [2.05, 4.69) is 22.3 Å². The first-order chi connectivity index (χ1) is 9.95. The average Bonchev–Trinajstić information content (AvgIpc) is 2.43. The van der Waals surface area contributed by atoms with Crippen molar-refractivity contribution in [1.29, 1.82) is 0 Å². The van der Waals surface area contributed by atoms with Gasteiger partial charge in [0, 0.05) is 17.8 Å². The number of hydrogen-bond donors (Lipinski definition) is 3. The van der Waals surface area contributed by atoms with Gasteiger partial charge < -0.3 is 20.4 Å². The van der Waals surface area contributed by atoms with Crippen molar-refractivity contribution in [2.75, 3.05) is 19.4 Å². The molecule has 0 aromatic heterocycles. The summed E-state index contributed by atoms with van der Waals surface area (Å²) in [5.41, 5.74) is 2.90. The van der Waals surface area contributed by atoms with E-state index in [9.17, 15) is 10.2 Å². The highest BCUT2D eigenvalue weighted by atomic mass is 16.3. The zero-order valence-electron chi connectivity index (χ0n) is 12.7. The maximum Gasteiger partial charge on any atom is 0.121 e. The monoisotopic (exact) mass is 286 g/mol. The third-order valence-corrected chi connectivity index (χ3v) is 3.31. The zero-order chi connectivity index (χ0) is 15.4. The minimum atomic E-state index is -0.100. The van der Waals surface area contributed by atoms with E-state index >= 15 is 0 Å². The molecule has 2 rings (SSSR count). The van der Waals surface area contributed by atoms with Gasteiger partial charge in [-0.05, 0) is 56.9 Å². The fourth-order valence-electron chi connectivity index (χ4n) is 2.29. The van der Waals surface area contributed by atoms with E-state index in [1.165, 1.54) is 17.7 Å². The van der Waals surface area contributed by atoms with Crippen molar-refractivity contribution >= 4 is 5.69 Å². The quantitative estimate of drug-likeness (QED) is 0.738. The maximum atomic E-state index is 9.87. The zero-order valence-corrected chi connectivity index (χ0v) is 12.7. The van der Waals surface area contributed by atoms with Gasteiger partial charge in [0.2, 0.25) is 0 Å². The number of rotatable bonds is 5. The standard InChI is InChI=1S/C17H22N2O2/c1-12(16-10-15(20)8-9-17(16)21)18-14-6-4-13(5-7-14)11-19(2)3/h4-10,12,18,20-21H,11H2,1-3H3. The second-order valence-corrected chi connectivity index (χ2v) is 5.54. The minimum Gasteiger partial charge on any atom is -0.508 e. The molecule has 0 spiro atoms. The molecule has 21 heavy (non-hydrogen) atoms. The van der Waals surface area contributed by atoms with Crippen LogP contribution in [0.3, 0.4) is 0 Å². The largest absolute Gasteiger partial charge is 0.508 e. The summed E-state index contributed by atoms with van der Waals surface area (Å²) >= 11 is 0. The minimum absolute atomic E-state index is 0.100. The Morgan fingerprint density at radius 1 is 1.05 bits per heavy atom. The van der Waals surface area contributed by atoms with Gasteiger partial charge in [-0.25, -0.2) is 0 Å². The van der Waals surface area contributed by atoms with Crippen LogP contribution in [0.25, 0.3) is 0 Å². The van der Waals surface area contributed by atoms with Crippen molar-refractivity contribution in [3.63, 3.8) is 0 Å². The smallest absolute Gasteiger partial charge is 0.121 e. The summed E-state index contributed by atoms with van der Waals surface area (Å²) in [5.74, 6) is 0.329. The Kier molecular flexibility index (Phi) is 4.70. The van der Waals surface area contributed by atoms with Crippen molar-refractivity contribution in [2.45, 2.75) is 19.5 Å². The predicted molar refractivity (Wildman–Crippen MR) is 85.6 cm³/mol. The number of phenols is 2. The molecule has 0 saturated heterocycles. The van der Waals surface area contributed by atoms with E-state index < -0.39 is 0 Å². The summed E-state index contributed by atoms with van der Waals surface area (Å²) in [6.45, 7) is 2.85. The highest BCUT2D eigenvalue weighted by molar-refractivity contribution is 5.49. The lowest BCUT2D eigenvalue weighted by Crippen LogP contribution is -2.11. The molecular weight excluding hydrogens is 264 g/mol. The Hall–Kier alpha value is -2.20. The Bertz CT molecular complexity index is 594. The maximum absolute atomic E-state index is 9.87. The van der Waals surface area contributed by atoms with Crippen molar-refractivity contribution in [2.24, 2.45) is 0 Å². The second kappa shape index (κ2) is 6.50. The lowest BCUT2D eigenvalue weighted by molar-refractivity contribution is 0.402. The van der Waals surface area contributed by atoms with Crippen LogP contribution in [0, 0.1) is 0 Å². The molecule has 0 aliphatic heterocycles. The number of phenolic OH excluding ortho intramolecular Hbond substituents is 2. The molecule has 0 heterocycles. The average molecular weight is 286 g/mol. The first-order valence-electron chi connectivity index (χ1n) is 6.98. The second-order valence-electron chi connectivity index (χ2n) is 5.54. The summed E-state index contributed by atoms with van der Waals surface area (Å²) < 4.78 is 0. The fourth-order valence-corrected chi connectivity index (χ4v) is 2.29. The molecule has 2 aromatic carbocycles. The molecule has 0 fully saturated rings. The van der Waals surface area contributed by atoms with Gasteiger partial charge in [0.15, 0.2) is 0 Å². The first kappa shape index (κ1) is 15.2. The molecule has 0 radical (unpaired) electrons. The third kappa shape index (κ3) is 4.13. The normalized spacial score (nSPS) is 12.4. The summed E-state index contributed by atoms with van der Waals surface area (Å²) in [6, 6.07) is 12.7. The van der Waals surface area contributed by atoms with E-state index in [0.717, 1.165) is 12.2 Å². The molecule has 3 N–H and O–H groups in total. The number of anilines is 1. The molecule has 112 valence electrons. The summed E-state index contributed by atoms with van der Waals surface area (Å²) in [5, 5.41) is 22.7. The van der Waals surface area contributed by atoms with E-state index in [-0.39, 0.29) is 17.5 Å². The highest BCUT2D eigenvalue weighted by Gasteiger charge is 2.11. The Labute approximate surface area is 125 Å². The molecule has 1 atom stereocenters. The SMILES string of the molecule is CC(Nc1ccc(CN(C)C)cc1)c1cc(O)ccc1O. The van der Waals surface area contributed by atoms with Gasteiger partial charge in [-0.3, -0.25) is 0 Å². The predicted octanol–water partition coefficient (Wildman–Crippen LogP) is 3.33. The van der Waals surface area contributed by atoms with Crippen LogP contribution in [-0.4, -0.2) is 29.2 Å². The first-order valence-corrected chi connectivity index (χ1v) is 6.98. The molecule has 0 aliphatic carbocycles. The molecule has 0 amide bonds. The molecule has 1 unspecified atom stereocenters. The van der Waals surface area contributed by atoms with Crippen LogP contribution in [0.1, 0.15) is 24.1 Å². The number of hydrogen-bond acceptors (Lipinski definition) is 4. The Balaban J connectivity index is 2.08. The fraction of sp³-hybridized carbons (Fsp3) is 0.294. The van der Waals surface area contributed by atoms with Crippen LogP contribution in [0.2, 0.25) is 0 Å². The van der Waals surface area contributed by atoms with Gasteiger partial charge in [-0.1, -0.05) is 12.1 Å². The highest BCUT2D eigenvalue weighted by Crippen LogP contribution is 2.30. The van der Waals surface area contributed by atoms with Crippen molar-refractivity contribution in [3.05, 3.63) is 53.6 Å². The third-order valence-electron chi connectivity index (χ3n) is 3.31. The molecular formula is C17H22N2O2. The van der Waals surface area contributed by atoms with E-state index in [1.807, 2.05) is 33.2 Å². The van der Waals surface area contributed by atoms with Crippen molar-refractivity contribution in [1.82, 2.24) is 4.90 Å². The van der Waals surface area contributed by atoms with Gasteiger partial charge in [0.1, 0.15) is 11.5 Å². The van der Waals surface area contributed by atoms with Crippen LogP contribution in [0.5, 0.6) is 11.5 Å². The lowest BCUT2D eigenvalue weighted by Gasteiger charge is -2.18. The summed E-state index contributed by atoms with van der Waals surface area (Å²) in [7, 11) is 4.08. The molecule has 4 heteroatoms. The van der Waals surface area contributed by atoms with Crippen LogP contribution >= 0.6 is 0 Å². The van der Waals surface area contributed by atoms with E-state index in [4.69, 9.17) is 0 Å². The molecule has 4 nitrogen and oxygen atoms in total. The van der Waals surface area contributed by atoms with Crippen LogP contribution in [-0.2, 0) is 6.54 Å². The van der Waals surface area contributed by atoms with Crippen LogP contribution < -0.4 is 5.32 Å². The summed E-state index contributed by atoms with van der Waals surface area (Å²) in [6.07, 6.45) is 0. The number of nitrogens with zero attached hydrogens (tertiary/aromatic N) is 1. The van der Waals surface area contributed by atoms with Crippen molar-refractivity contribution in [3.8, 4) is 11.5 Å². The Morgan fingerprint density at radius 3 is 2.33 bits per heavy atom. The topological polar surface area (TPSA) is 55.7 Å². The number of benzene rings is 2. The molecule has 0 bridgehead atoms. The van der Waals surface area contributed by atoms with Gasteiger partial charge in [-0.15, -0.1) is 0 Å². The molecule has 2 aromatic rings. The molecule has 0 aliphatic rings. The van der Waals surface area contributed by atoms with Crippen LogP contribution in [0.4, 0.5) is 5.69 Å². The van der Waals surface area contributed by atoms with Gasteiger partial charge in [0.05, 0.1) is 6.04 Å². The van der Waals surface area contributed by atoms with Crippen LogP contribution in [0.15, 0.2) is 42.5 Å². The summed E-state index contributed by atoms with van der Waals surface area (Å²) in [4.78, 5) is 2.12. The number of aromatic hydroxyl groups is 2. The van der Waals surface area contributed by atoms with Crippen molar-refractivity contribution < 1.29 is 10.2 Å². The van der Waals surface area contributed by atoms with E-state index in [1.54, 1.807) is 6.07 Å². The lowest BCUT2D eigenvalue weighted by atomic mass is 10.1. The van der Waals surface area contributed by atoms with Gasteiger partial charge >= 0.3 is 0 Å². The molecule has 0 saturated carbocycles. The van der Waals surface area contributed by atoms with E-state index in [0.29, 0.717) is 5.56 Å². The van der Waals surface area contributed by atoms with Gasteiger partial charge in [-0.2, -0.15) is 0 Å². The Morgan fingerprint density at radius 2 is 1.71 bits per heavy atom. The van der Waals surface area contributed by atoms with Gasteiger partial charge in [0.25, 0.3) is 0 Å².